The zero-order valence-electron chi connectivity index (χ0n) is 13.7. The zero-order chi connectivity index (χ0) is 16.8. The highest BCUT2D eigenvalue weighted by Crippen LogP contribution is 2.21. The first-order valence-corrected chi connectivity index (χ1v) is 7.82. The standard InChI is InChI=1S/C17H24ClNO3/c1-12-9-14(11-20)15(18)10-13(12)7-5-6-8-19-16(21)22-17(2,3)4/h9-11H,5-8H2,1-4H3,(H,19,21). The highest BCUT2D eigenvalue weighted by molar-refractivity contribution is 6.33. The Labute approximate surface area is 137 Å². The minimum atomic E-state index is -0.474. The Hall–Kier alpha value is -1.55. The summed E-state index contributed by atoms with van der Waals surface area (Å²) in [6.45, 7) is 8.05. The predicted octanol–water partition coefficient (Wildman–Crippen LogP) is 4.31. The molecule has 1 aromatic carbocycles. The predicted molar refractivity (Wildman–Crippen MR) is 88.8 cm³/mol. The average Bonchev–Trinajstić information content (AvgIpc) is 2.39. The molecule has 0 aliphatic rings. The van der Waals surface area contributed by atoms with Crippen LogP contribution in [0.5, 0.6) is 0 Å². The van der Waals surface area contributed by atoms with Crippen LogP contribution in [0, 0.1) is 6.92 Å². The van der Waals surface area contributed by atoms with Gasteiger partial charge in [0.25, 0.3) is 0 Å². The van der Waals surface area contributed by atoms with Gasteiger partial charge < -0.3 is 10.1 Å². The van der Waals surface area contributed by atoms with Gasteiger partial charge in [-0.05, 0) is 70.2 Å². The maximum atomic E-state index is 11.5. The Balaban J connectivity index is 2.35. The molecule has 5 heteroatoms. The monoisotopic (exact) mass is 325 g/mol. The van der Waals surface area contributed by atoms with Crippen LogP contribution in [0.15, 0.2) is 12.1 Å². The number of aryl methyl sites for hydroxylation is 2. The largest absolute Gasteiger partial charge is 0.444 e. The van der Waals surface area contributed by atoms with E-state index in [2.05, 4.69) is 5.32 Å². The molecule has 0 atom stereocenters. The van der Waals surface area contributed by atoms with Gasteiger partial charge in [0, 0.05) is 12.1 Å². The van der Waals surface area contributed by atoms with Crippen molar-refractivity contribution in [3.63, 3.8) is 0 Å². The molecule has 0 radical (unpaired) electrons. The first-order valence-electron chi connectivity index (χ1n) is 7.44. The van der Waals surface area contributed by atoms with Gasteiger partial charge in [-0.1, -0.05) is 11.6 Å². The number of alkyl carbamates (subject to hydrolysis) is 1. The van der Waals surface area contributed by atoms with E-state index >= 15 is 0 Å². The first kappa shape index (κ1) is 18.5. The number of hydrogen-bond donors (Lipinski definition) is 1. The molecule has 22 heavy (non-hydrogen) atoms. The molecule has 1 amide bonds. The van der Waals surface area contributed by atoms with Crippen molar-refractivity contribution in [3.05, 3.63) is 33.8 Å². The lowest BCUT2D eigenvalue weighted by molar-refractivity contribution is 0.0527. The van der Waals surface area contributed by atoms with Gasteiger partial charge in [-0.3, -0.25) is 4.79 Å². The number of nitrogens with one attached hydrogen (secondary N) is 1. The van der Waals surface area contributed by atoms with Gasteiger partial charge in [-0.2, -0.15) is 0 Å². The fourth-order valence-corrected chi connectivity index (χ4v) is 2.28. The van der Waals surface area contributed by atoms with Crippen LogP contribution in [-0.4, -0.2) is 24.5 Å². The van der Waals surface area contributed by atoms with Crippen molar-refractivity contribution in [3.8, 4) is 0 Å². The minimum Gasteiger partial charge on any atom is -0.444 e. The Morgan fingerprint density at radius 3 is 2.59 bits per heavy atom. The van der Waals surface area contributed by atoms with Gasteiger partial charge in [0.2, 0.25) is 0 Å². The third-order valence-corrected chi connectivity index (χ3v) is 3.45. The summed E-state index contributed by atoms with van der Waals surface area (Å²) in [5.74, 6) is 0. The summed E-state index contributed by atoms with van der Waals surface area (Å²) in [4.78, 5) is 22.3. The molecule has 1 aromatic rings. The molecule has 0 saturated carbocycles. The first-order chi connectivity index (χ1) is 10.2. The fourth-order valence-electron chi connectivity index (χ4n) is 2.05. The summed E-state index contributed by atoms with van der Waals surface area (Å²) in [5.41, 5.74) is 2.24. The van der Waals surface area contributed by atoms with E-state index < -0.39 is 5.60 Å². The lowest BCUT2D eigenvalue weighted by Crippen LogP contribution is -2.33. The number of halogens is 1. The molecular formula is C17H24ClNO3. The number of unbranched alkanes of at least 4 members (excludes halogenated alkanes) is 1. The maximum Gasteiger partial charge on any atom is 0.407 e. The highest BCUT2D eigenvalue weighted by Gasteiger charge is 2.15. The van der Waals surface area contributed by atoms with Crippen molar-refractivity contribution in [1.82, 2.24) is 5.32 Å². The Morgan fingerprint density at radius 1 is 1.32 bits per heavy atom. The van der Waals surface area contributed by atoms with E-state index in [1.54, 1.807) is 0 Å². The molecular weight excluding hydrogens is 302 g/mol. The van der Waals surface area contributed by atoms with Gasteiger partial charge in [0.05, 0.1) is 5.02 Å². The molecule has 1 N–H and O–H groups in total. The molecule has 0 aliphatic carbocycles. The second-order valence-corrected chi connectivity index (χ2v) is 6.71. The second kappa shape index (κ2) is 8.18. The van der Waals surface area contributed by atoms with Crippen LogP contribution in [0.3, 0.4) is 0 Å². The van der Waals surface area contributed by atoms with E-state index in [-0.39, 0.29) is 6.09 Å². The summed E-state index contributed by atoms with van der Waals surface area (Å²) in [5, 5.41) is 3.22. The number of amides is 1. The molecule has 0 unspecified atom stereocenters. The summed E-state index contributed by atoms with van der Waals surface area (Å²) in [7, 11) is 0. The number of benzene rings is 1. The van der Waals surface area contributed by atoms with Crippen molar-refractivity contribution in [2.75, 3.05) is 6.54 Å². The molecule has 0 saturated heterocycles. The molecule has 0 aromatic heterocycles. The summed E-state index contributed by atoms with van der Waals surface area (Å²) < 4.78 is 5.16. The molecule has 0 fully saturated rings. The van der Waals surface area contributed by atoms with Crippen LogP contribution >= 0.6 is 11.6 Å². The third-order valence-electron chi connectivity index (χ3n) is 3.12. The topological polar surface area (TPSA) is 55.4 Å². The number of aldehydes is 1. The van der Waals surface area contributed by atoms with E-state index in [4.69, 9.17) is 16.3 Å². The molecule has 0 spiro atoms. The number of carbonyl (C=O) groups is 2. The smallest absolute Gasteiger partial charge is 0.407 e. The van der Waals surface area contributed by atoms with Gasteiger partial charge in [0.1, 0.15) is 5.60 Å². The lowest BCUT2D eigenvalue weighted by Gasteiger charge is -2.19. The van der Waals surface area contributed by atoms with Crippen LogP contribution in [0.1, 0.15) is 55.1 Å². The van der Waals surface area contributed by atoms with Crippen molar-refractivity contribution in [2.45, 2.75) is 52.6 Å². The quantitative estimate of drug-likeness (QED) is 0.626. The number of hydrogen-bond acceptors (Lipinski definition) is 3. The average molecular weight is 326 g/mol. The fraction of sp³-hybridized carbons (Fsp3) is 0.529. The maximum absolute atomic E-state index is 11.5. The van der Waals surface area contributed by atoms with Crippen molar-refractivity contribution < 1.29 is 14.3 Å². The number of carbonyl (C=O) groups excluding carboxylic acids is 2. The van der Waals surface area contributed by atoms with E-state index in [0.29, 0.717) is 17.1 Å². The Kier molecular flexibility index (Phi) is 6.88. The Bertz CT molecular complexity index is 535. The SMILES string of the molecule is Cc1cc(C=O)c(Cl)cc1CCCCNC(=O)OC(C)(C)C. The molecule has 0 bridgehead atoms. The van der Waals surface area contributed by atoms with Crippen LogP contribution in [-0.2, 0) is 11.2 Å². The summed E-state index contributed by atoms with van der Waals surface area (Å²) in [6.07, 6.45) is 3.02. The zero-order valence-corrected chi connectivity index (χ0v) is 14.4. The molecule has 1 rings (SSSR count). The minimum absolute atomic E-state index is 0.387. The molecule has 0 aliphatic heterocycles. The van der Waals surface area contributed by atoms with E-state index in [9.17, 15) is 9.59 Å². The van der Waals surface area contributed by atoms with E-state index in [0.717, 1.165) is 36.7 Å². The number of ether oxygens (including phenoxy) is 1. The van der Waals surface area contributed by atoms with Crippen molar-refractivity contribution in [1.29, 1.82) is 0 Å². The highest BCUT2D eigenvalue weighted by atomic mass is 35.5. The summed E-state index contributed by atoms with van der Waals surface area (Å²) in [6, 6.07) is 3.66. The van der Waals surface area contributed by atoms with Gasteiger partial charge in [0.15, 0.2) is 6.29 Å². The second-order valence-electron chi connectivity index (χ2n) is 6.30. The van der Waals surface area contributed by atoms with Crippen LogP contribution < -0.4 is 5.32 Å². The van der Waals surface area contributed by atoms with Gasteiger partial charge in [-0.25, -0.2) is 4.79 Å². The normalized spacial score (nSPS) is 11.1. The van der Waals surface area contributed by atoms with Crippen LogP contribution in [0.25, 0.3) is 0 Å². The lowest BCUT2D eigenvalue weighted by atomic mass is 10.0. The number of rotatable bonds is 6. The van der Waals surface area contributed by atoms with Crippen LogP contribution in [0.4, 0.5) is 4.79 Å². The van der Waals surface area contributed by atoms with E-state index in [1.165, 1.54) is 0 Å². The van der Waals surface area contributed by atoms with Crippen molar-refractivity contribution >= 4 is 24.0 Å². The van der Waals surface area contributed by atoms with E-state index in [1.807, 2.05) is 39.8 Å². The van der Waals surface area contributed by atoms with Gasteiger partial charge in [-0.15, -0.1) is 0 Å². The molecule has 0 heterocycles. The molecule has 122 valence electrons. The molecule has 4 nitrogen and oxygen atoms in total. The van der Waals surface area contributed by atoms with Gasteiger partial charge >= 0.3 is 6.09 Å². The van der Waals surface area contributed by atoms with Crippen molar-refractivity contribution in [2.24, 2.45) is 0 Å². The third kappa shape index (κ3) is 6.48. The van der Waals surface area contributed by atoms with Crippen LogP contribution in [0.2, 0.25) is 5.02 Å². The Morgan fingerprint density at radius 2 is 2.00 bits per heavy atom. The summed E-state index contributed by atoms with van der Waals surface area (Å²) >= 11 is 6.04.